The number of furan rings is 1. The van der Waals surface area contributed by atoms with Crippen LogP contribution in [0.3, 0.4) is 0 Å². The minimum Gasteiger partial charge on any atom is -0.464 e. The lowest BCUT2D eigenvalue weighted by molar-refractivity contribution is -0.114. The van der Waals surface area contributed by atoms with Crippen LogP contribution in [0.1, 0.15) is 32.8 Å². The monoisotopic (exact) mass is 273 g/mol. The molecule has 0 bridgehead atoms. The maximum Gasteiger partial charge on any atom is 0.134 e. The van der Waals surface area contributed by atoms with Crippen molar-refractivity contribution < 1.29 is 9.15 Å². The molecule has 1 heterocycles. The van der Waals surface area contributed by atoms with Crippen LogP contribution in [-0.4, -0.2) is 18.8 Å². The van der Waals surface area contributed by atoms with Crippen LogP contribution in [0.15, 0.2) is 34.9 Å². The second kappa shape index (κ2) is 5.23. The van der Waals surface area contributed by atoms with Crippen LogP contribution in [-0.2, 0) is 11.3 Å². The van der Waals surface area contributed by atoms with Gasteiger partial charge in [0, 0.05) is 35.6 Å². The van der Waals surface area contributed by atoms with Crippen LogP contribution in [0.25, 0.3) is 11.0 Å². The van der Waals surface area contributed by atoms with Gasteiger partial charge in [0.15, 0.2) is 0 Å². The van der Waals surface area contributed by atoms with E-state index >= 15 is 0 Å². The predicted octanol–water partition coefficient (Wildman–Crippen LogP) is 3.73. The van der Waals surface area contributed by atoms with Crippen molar-refractivity contribution >= 4 is 11.0 Å². The van der Waals surface area contributed by atoms with Crippen LogP contribution in [0, 0.1) is 5.41 Å². The highest BCUT2D eigenvalue weighted by Gasteiger charge is 2.48. The summed E-state index contributed by atoms with van der Waals surface area (Å²) in [5, 5.41) is 4.86. The first-order valence-electron chi connectivity index (χ1n) is 7.43. The molecule has 1 fully saturated rings. The molecule has 2 unspecified atom stereocenters. The standard InChI is InChI=1S/C17H23NO2/c1-4-19-16-9-15(17(16,2)3)18-10-12-11-20-14-8-6-5-7-13(12)14/h5-8,11,15-16,18H,4,9-10H2,1-3H3. The van der Waals surface area contributed by atoms with Gasteiger partial charge in [-0.15, -0.1) is 0 Å². The molecule has 3 heteroatoms. The first-order chi connectivity index (χ1) is 9.63. The van der Waals surface area contributed by atoms with Gasteiger partial charge in [-0.05, 0) is 19.4 Å². The highest BCUT2D eigenvalue weighted by molar-refractivity contribution is 5.80. The Balaban J connectivity index is 1.63. The number of fused-ring (bicyclic) bond motifs is 1. The molecule has 1 N–H and O–H groups in total. The number of para-hydroxylation sites is 1. The molecule has 3 rings (SSSR count). The van der Waals surface area contributed by atoms with Crippen LogP contribution in [0.2, 0.25) is 0 Å². The van der Waals surface area contributed by atoms with E-state index in [9.17, 15) is 0 Å². The molecule has 3 nitrogen and oxygen atoms in total. The van der Waals surface area contributed by atoms with Crippen LogP contribution >= 0.6 is 0 Å². The SMILES string of the molecule is CCOC1CC(NCc2coc3ccccc23)C1(C)C. The number of nitrogens with one attached hydrogen (secondary N) is 1. The van der Waals surface area contributed by atoms with E-state index in [1.807, 2.05) is 18.4 Å². The van der Waals surface area contributed by atoms with Crippen LogP contribution in [0.5, 0.6) is 0 Å². The lowest BCUT2D eigenvalue weighted by Gasteiger charge is -2.52. The Morgan fingerprint density at radius 1 is 1.35 bits per heavy atom. The molecule has 0 radical (unpaired) electrons. The van der Waals surface area contributed by atoms with Crippen molar-refractivity contribution in [1.29, 1.82) is 0 Å². The van der Waals surface area contributed by atoms with Crippen LogP contribution < -0.4 is 5.32 Å². The number of hydrogen-bond donors (Lipinski definition) is 1. The number of ether oxygens (including phenoxy) is 1. The molecular formula is C17H23NO2. The van der Waals surface area contributed by atoms with Gasteiger partial charge in [-0.1, -0.05) is 32.0 Å². The van der Waals surface area contributed by atoms with Crippen molar-refractivity contribution in [2.24, 2.45) is 5.41 Å². The third kappa shape index (κ3) is 2.25. The molecule has 0 saturated heterocycles. The average molecular weight is 273 g/mol. The second-order valence-corrected chi connectivity index (χ2v) is 6.19. The van der Waals surface area contributed by atoms with Gasteiger partial charge in [0.25, 0.3) is 0 Å². The summed E-state index contributed by atoms with van der Waals surface area (Å²) in [6.07, 6.45) is 3.34. The Morgan fingerprint density at radius 3 is 2.90 bits per heavy atom. The fourth-order valence-corrected chi connectivity index (χ4v) is 3.12. The summed E-state index contributed by atoms with van der Waals surface area (Å²) < 4.78 is 11.4. The molecule has 20 heavy (non-hydrogen) atoms. The summed E-state index contributed by atoms with van der Waals surface area (Å²) in [6.45, 7) is 8.27. The lowest BCUT2D eigenvalue weighted by Crippen LogP contribution is -2.60. The summed E-state index contributed by atoms with van der Waals surface area (Å²) >= 11 is 0. The molecule has 1 aliphatic rings. The second-order valence-electron chi connectivity index (χ2n) is 6.19. The van der Waals surface area contributed by atoms with Gasteiger partial charge in [-0.25, -0.2) is 0 Å². The van der Waals surface area contributed by atoms with Gasteiger partial charge in [0.1, 0.15) is 5.58 Å². The van der Waals surface area contributed by atoms with Crippen LogP contribution in [0.4, 0.5) is 0 Å². The fraction of sp³-hybridized carbons (Fsp3) is 0.529. The number of hydrogen-bond acceptors (Lipinski definition) is 3. The number of rotatable bonds is 5. The van der Waals surface area contributed by atoms with Gasteiger partial charge in [-0.2, -0.15) is 0 Å². The molecule has 0 spiro atoms. The third-order valence-corrected chi connectivity index (χ3v) is 4.65. The van der Waals surface area contributed by atoms with Gasteiger partial charge < -0.3 is 14.5 Å². The van der Waals surface area contributed by atoms with E-state index < -0.39 is 0 Å². The Morgan fingerprint density at radius 2 is 2.15 bits per heavy atom. The van der Waals surface area contributed by atoms with Gasteiger partial charge >= 0.3 is 0 Å². The molecule has 1 aromatic carbocycles. The summed E-state index contributed by atoms with van der Waals surface area (Å²) in [5.74, 6) is 0. The summed E-state index contributed by atoms with van der Waals surface area (Å²) in [6, 6.07) is 8.69. The Kier molecular flexibility index (Phi) is 3.57. The minimum absolute atomic E-state index is 0.204. The van der Waals surface area contributed by atoms with E-state index in [2.05, 4.69) is 38.2 Å². The van der Waals surface area contributed by atoms with Gasteiger partial charge in [-0.3, -0.25) is 0 Å². The largest absolute Gasteiger partial charge is 0.464 e. The summed E-state index contributed by atoms with van der Waals surface area (Å²) in [4.78, 5) is 0. The van der Waals surface area contributed by atoms with Crippen molar-refractivity contribution in [3.63, 3.8) is 0 Å². The van der Waals surface area contributed by atoms with E-state index in [4.69, 9.17) is 9.15 Å². The van der Waals surface area contributed by atoms with Gasteiger partial charge in [0.2, 0.25) is 0 Å². The predicted molar refractivity (Wildman–Crippen MR) is 80.7 cm³/mol. The molecular weight excluding hydrogens is 250 g/mol. The summed E-state index contributed by atoms with van der Waals surface area (Å²) in [7, 11) is 0. The van der Waals surface area contributed by atoms with Crippen molar-refractivity contribution in [3.8, 4) is 0 Å². The average Bonchev–Trinajstić information content (AvgIpc) is 2.85. The molecule has 1 aromatic heterocycles. The highest BCUT2D eigenvalue weighted by Crippen LogP contribution is 2.42. The molecule has 2 atom stereocenters. The zero-order valence-corrected chi connectivity index (χ0v) is 12.5. The lowest BCUT2D eigenvalue weighted by atomic mass is 9.64. The third-order valence-electron chi connectivity index (χ3n) is 4.65. The van der Waals surface area contributed by atoms with E-state index in [0.717, 1.165) is 25.2 Å². The fourth-order valence-electron chi connectivity index (χ4n) is 3.12. The Hall–Kier alpha value is -1.32. The van der Waals surface area contributed by atoms with E-state index in [1.165, 1.54) is 10.9 Å². The molecule has 0 amide bonds. The number of benzene rings is 1. The van der Waals surface area contributed by atoms with Crippen molar-refractivity contribution in [2.75, 3.05) is 6.61 Å². The first kappa shape index (κ1) is 13.7. The van der Waals surface area contributed by atoms with E-state index in [0.29, 0.717) is 12.1 Å². The normalized spacial score (nSPS) is 24.8. The zero-order chi connectivity index (χ0) is 14.2. The maximum atomic E-state index is 5.77. The zero-order valence-electron chi connectivity index (χ0n) is 12.5. The minimum atomic E-state index is 0.204. The quantitative estimate of drug-likeness (QED) is 0.901. The summed E-state index contributed by atoms with van der Waals surface area (Å²) in [5.41, 5.74) is 2.40. The molecule has 1 saturated carbocycles. The highest BCUT2D eigenvalue weighted by atomic mass is 16.5. The maximum absolute atomic E-state index is 5.77. The molecule has 108 valence electrons. The van der Waals surface area contributed by atoms with E-state index in [-0.39, 0.29) is 5.41 Å². The Labute approximate surface area is 120 Å². The molecule has 0 aliphatic heterocycles. The molecule has 1 aliphatic carbocycles. The van der Waals surface area contributed by atoms with Gasteiger partial charge in [0.05, 0.1) is 12.4 Å². The van der Waals surface area contributed by atoms with E-state index in [1.54, 1.807) is 0 Å². The van der Waals surface area contributed by atoms with Crippen molar-refractivity contribution in [3.05, 3.63) is 36.1 Å². The smallest absolute Gasteiger partial charge is 0.134 e. The topological polar surface area (TPSA) is 34.4 Å². The first-order valence-corrected chi connectivity index (χ1v) is 7.43. The molecule has 2 aromatic rings. The van der Waals surface area contributed by atoms with Crippen molar-refractivity contribution in [1.82, 2.24) is 5.32 Å². The van der Waals surface area contributed by atoms with Crippen molar-refractivity contribution in [2.45, 2.75) is 45.9 Å². The Bertz CT molecular complexity index is 587.